The van der Waals surface area contributed by atoms with E-state index < -0.39 is 24.3 Å². The molecule has 0 aliphatic carbocycles. The Balaban J connectivity index is 4.22. The number of hydrogen-bond donors (Lipinski definition) is 0. The summed E-state index contributed by atoms with van der Waals surface area (Å²) < 4.78 is 22.7. The van der Waals surface area contributed by atoms with Gasteiger partial charge in [0.15, 0.2) is 12.4 Å². The third-order valence-electron chi connectivity index (χ3n) is 12.8. The number of carboxylic acid groups (broad SMARTS) is 1. The molecule has 9 nitrogen and oxygen atoms in total. The molecule has 2 atom stereocenters. The van der Waals surface area contributed by atoms with Crippen molar-refractivity contribution >= 4 is 17.9 Å². The lowest BCUT2D eigenvalue weighted by Crippen LogP contribution is -2.44. The van der Waals surface area contributed by atoms with E-state index in [2.05, 4.69) is 26.0 Å². The Hall–Kier alpha value is -1.97. The number of aliphatic carboxylic acids is 1. The van der Waals surface area contributed by atoms with Crippen LogP contribution < -0.4 is 5.11 Å². The number of carbonyl (C=O) groups is 3. The van der Waals surface area contributed by atoms with Crippen molar-refractivity contribution in [1.29, 1.82) is 0 Å². The maximum absolute atomic E-state index is 12.8. The molecule has 2 unspecified atom stereocenters. The number of esters is 2. The van der Waals surface area contributed by atoms with Crippen molar-refractivity contribution in [2.24, 2.45) is 0 Å². The third-order valence-corrected chi connectivity index (χ3v) is 12.8. The van der Waals surface area contributed by atoms with Crippen LogP contribution in [-0.2, 0) is 33.3 Å². The first kappa shape index (κ1) is 64.0. The molecular formula is C57H109NO8. The quantitative estimate of drug-likeness (QED) is 0.0195. The van der Waals surface area contributed by atoms with E-state index in [9.17, 15) is 19.5 Å². The fourth-order valence-corrected chi connectivity index (χ4v) is 8.36. The molecule has 0 aromatic rings. The Morgan fingerprint density at radius 2 is 0.773 bits per heavy atom. The SMILES string of the molecule is CCCCCCCC/C=C\CCCCCCCCCCCC(=O)OC(COC(=O)CCCCCCCCCCCCCCCCCCCCCCCC)COC(OCC[N+](C)(C)C)C(=O)[O-]. The molecule has 0 N–H and O–H groups in total. The van der Waals surface area contributed by atoms with Crippen molar-refractivity contribution in [3.63, 3.8) is 0 Å². The van der Waals surface area contributed by atoms with Gasteiger partial charge in [-0.2, -0.15) is 0 Å². The van der Waals surface area contributed by atoms with Crippen LogP contribution in [0.3, 0.4) is 0 Å². The highest BCUT2D eigenvalue weighted by Gasteiger charge is 2.22. The van der Waals surface area contributed by atoms with E-state index in [0.29, 0.717) is 23.9 Å². The minimum absolute atomic E-state index is 0.151. The van der Waals surface area contributed by atoms with Gasteiger partial charge in [0, 0.05) is 12.8 Å². The lowest BCUT2D eigenvalue weighted by molar-refractivity contribution is -0.870. The Labute approximate surface area is 408 Å². The fraction of sp³-hybridized carbons (Fsp3) is 0.912. The maximum Gasteiger partial charge on any atom is 0.306 e. The Bertz CT molecular complexity index is 1090. The van der Waals surface area contributed by atoms with Crippen LogP contribution in [0.4, 0.5) is 0 Å². The lowest BCUT2D eigenvalue weighted by Gasteiger charge is -2.26. The molecule has 0 saturated heterocycles. The van der Waals surface area contributed by atoms with E-state index in [4.69, 9.17) is 18.9 Å². The number of likely N-dealkylation sites (N-methyl/N-ethyl adjacent to an activating group) is 1. The summed E-state index contributed by atoms with van der Waals surface area (Å²) in [7, 11) is 5.93. The zero-order valence-corrected chi connectivity index (χ0v) is 44.3. The summed E-state index contributed by atoms with van der Waals surface area (Å²) in [6, 6.07) is 0. The second kappa shape index (κ2) is 49.5. The van der Waals surface area contributed by atoms with Crippen LogP contribution in [0.1, 0.15) is 277 Å². The van der Waals surface area contributed by atoms with E-state index in [1.807, 2.05) is 21.1 Å². The zero-order chi connectivity index (χ0) is 48.4. The molecule has 0 amide bonds. The Morgan fingerprint density at radius 1 is 0.439 bits per heavy atom. The van der Waals surface area contributed by atoms with Crippen molar-refractivity contribution in [2.75, 3.05) is 47.5 Å². The molecule has 0 aliphatic rings. The summed E-state index contributed by atoms with van der Waals surface area (Å²) in [6.07, 6.45) is 52.5. The number of allylic oxidation sites excluding steroid dienone is 2. The van der Waals surface area contributed by atoms with Crippen LogP contribution in [0.5, 0.6) is 0 Å². The van der Waals surface area contributed by atoms with Crippen molar-refractivity contribution in [3.05, 3.63) is 12.2 Å². The molecule has 66 heavy (non-hydrogen) atoms. The van der Waals surface area contributed by atoms with Gasteiger partial charge >= 0.3 is 11.9 Å². The predicted molar refractivity (Wildman–Crippen MR) is 274 cm³/mol. The van der Waals surface area contributed by atoms with E-state index in [1.165, 1.54) is 205 Å². The summed E-state index contributed by atoms with van der Waals surface area (Å²) in [5.74, 6) is -2.26. The van der Waals surface area contributed by atoms with Crippen molar-refractivity contribution < 1.29 is 42.9 Å². The Morgan fingerprint density at radius 3 is 1.12 bits per heavy atom. The molecule has 0 spiro atoms. The highest BCUT2D eigenvalue weighted by atomic mass is 16.7. The van der Waals surface area contributed by atoms with Gasteiger partial charge in [-0.25, -0.2) is 0 Å². The predicted octanol–water partition coefficient (Wildman–Crippen LogP) is 14.8. The first-order chi connectivity index (χ1) is 32.1. The molecule has 0 heterocycles. The van der Waals surface area contributed by atoms with Crippen LogP contribution in [0.15, 0.2) is 12.2 Å². The number of unbranched alkanes of at least 4 members (excludes halogenated alkanes) is 36. The average Bonchev–Trinajstić information content (AvgIpc) is 3.28. The van der Waals surface area contributed by atoms with Crippen LogP contribution in [-0.4, -0.2) is 82.3 Å². The smallest absolute Gasteiger partial charge is 0.306 e. The number of quaternary nitrogens is 1. The Kier molecular flexibility index (Phi) is 48.0. The monoisotopic (exact) mass is 936 g/mol. The molecule has 0 fully saturated rings. The van der Waals surface area contributed by atoms with Gasteiger partial charge < -0.3 is 33.3 Å². The number of carbonyl (C=O) groups excluding carboxylic acids is 3. The first-order valence-corrected chi connectivity index (χ1v) is 28.3. The van der Waals surface area contributed by atoms with Crippen LogP contribution in [0, 0.1) is 0 Å². The summed E-state index contributed by atoms with van der Waals surface area (Å²) in [5.41, 5.74) is 0. The van der Waals surface area contributed by atoms with Gasteiger partial charge in [-0.3, -0.25) is 9.59 Å². The fourth-order valence-electron chi connectivity index (χ4n) is 8.36. The van der Waals surface area contributed by atoms with Gasteiger partial charge in [-0.1, -0.05) is 238 Å². The van der Waals surface area contributed by atoms with Crippen molar-refractivity contribution in [2.45, 2.75) is 289 Å². The topological polar surface area (TPSA) is 111 Å². The van der Waals surface area contributed by atoms with Crippen molar-refractivity contribution in [1.82, 2.24) is 0 Å². The first-order valence-electron chi connectivity index (χ1n) is 28.3. The maximum atomic E-state index is 12.8. The molecule has 0 bridgehead atoms. The highest BCUT2D eigenvalue weighted by molar-refractivity contribution is 5.70. The van der Waals surface area contributed by atoms with E-state index in [-0.39, 0.29) is 32.2 Å². The van der Waals surface area contributed by atoms with Crippen LogP contribution in [0.2, 0.25) is 0 Å². The third kappa shape index (κ3) is 49.9. The standard InChI is InChI=1S/C57H109NO8/c1-6-8-10-12-14-16-18-20-22-24-26-27-28-30-31-33-35-37-39-41-43-45-47-54(59)64-51-53(52-65-57(56(61)62)63-50-49-58(3,4)5)66-55(60)48-46-44-42-40-38-36-34-32-29-25-23-21-19-17-15-13-11-9-7-2/h21,23,53,57H,6-20,22,24-52H2,1-5H3/b23-21-. The normalized spacial score (nSPS) is 12.8. The molecule has 0 radical (unpaired) electrons. The van der Waals surface area contributed by atoms with E-state index >= 15 is 0 Å². The lowest BCUT2D eigenvalue weighted by atomic mass is 10.0. The molecule has 0 aliphatic heterocycles. The minimum atomic E-state index is -1.62. The number of ether oxygens (including phenoxy) is 4. The summed E-state index contributed by atoms with van der Waals surface area (Å²) in [6.45, 7) is 4.79. The van der Waals surface area contributed by atoms with Gasteiger partial charge in [0.1, 0.15) is 13.2 Å². The molecular weight excluding hydrogens is 827 g/mol. The second-order valence-electron chi connectivity index (χ2n) is 20.6. The van der Waals surface area contributed by atoms with Gasteiger partial charge in [0.25, 0.3) is 0 Å². The molecule has 0 rings (SSSR count). The van der Waals surface area contributed by atoms with E-state index in [0.717, 1.165) is 38.5 Å². The largest absolute Gasteiger partial charge is 0.545 e. The van der Waals surface area contributed by atoms with Crippen molar-refractivity contribution in [3.8, 4) is 0 Å². The second-order valence-corrected chi connectivity index (χ2v) is 20.6. The van der Waals surface area contributed by atoms with Crippen LogP contribution >= 0.6 is 0 Å². The average molecular weight is 936 g/mol. The highest BCUT2D eigenvalue weighted by Crippen LogP contribution is 2.17. The molecule has 0 aromatic carbocycles. The van der Waals surface area contributed by atoms with E-state index in [1.54, 1.807) is 0 Å². The summed E-state index contributed by atoms with van der Waals surface area (Å²) in [5, 5.41) is 11.8. The molecule has 9 heteroatoms. The molecule has 0 saturated carbocycles. The molecule has 390 valence electrons. The van der Waals surface area contributed by atoms with Gasteiger partial charge in [-0.05, 0) is 38.5 Å². The minimum Gasteiger partial charge on any atom is -0.545 e. The van der Waals surface area contributed by atoms with Gasteiger partial charge in [0.05, 0.1) is 40.3 Å². The number of nitrogens with zero attached hydrogens (tertiary/aromatic N) is 1. The summed E-state index contributed by atoms with van der Waals surface area (Å²) in [4.78, 5) is 37.2. The number of rotatable bonds is 53. The van der Waals surface area contributed by atoms with Gasteiger partial charge in [0.2, 0.25) is 0 Å². The number of carboxylic acids is 1. The van der Waals surface area contributed by atoms with Crippen LogP contribution in [0.25, 0.3) is 0 Å². The molecule has 0 aromatic heterocycles. The van der Waals surface area contributed by atoms with Gasteiger partial charge in [-0.15, -0.1) is 0 Å². The number of hydrogen-bond acceptors (Lipinski definition) is 8. The zero-order valence-electron chi connectivity index (χ0n) is 44.3. The summed E-state index contributed by atoms with van der Waals surface area (Å²) >= 11 is 0.